The summed E-state index contributed by atoms with van der Waals surface area (Å²) in [4.78, 5) is 13.3. The maximum atomic E-state index is 11.8. The molecule has 0 bridgehead atoms. The average molecular weight is 272 g/mol. The second-order valence-electron chi connectivity index (χ2n) is 4.46. The Morgan fingerprint density at radius 2 is 2.39 bits per heavy atom. The van der Waals surface area contributed by atoms with Crippen LogP contribution in [0.25, 0.3) is 0 Å². The van der Waals surface area contributed by atoms with Gasteiger partial charge in [0.1, 0.15) is 0 Å². The summed E-state index contributed by atoms with van der Waals surface area (Å²) in [6, 6.07) is 1.28. The van der Waals surface area contributed by atoms with Gasteiger partial charge in [-0.25, -0.2) is 13.2 Å². The van der Waals surface area contributed by atoms with E-state index in [4.69, 9.17) is 4.42 Å². The molecule has 0 spiro atoms. The molecule has 18 heavy (non-hydrogen) atoms. The van der Waals surface area contributed by atoms with Crippen molar-refractivity contribution in [2.45, 2.75) is 19.0 Å². The molecule has 2 heterocycles. The van der Waals surface area contributed by atoms with Crippen LogP contribution in [0, 0.1) is 0 Å². The summed E-state index contributed by atoms with van der Waals surface area (Å²) in [6.45, 7) is 0.374. The van der Waals surface area contributed by atoms with Crippen molar-refractivity contribution in [1.29, 1.82) is 0 Å². The van der Waals surface area contributed by atoms with Gasteiger partial charge in [0, 0.05) is 25.2 Å². The fourth-order valence-corrected chi connectivity index (χ4v) is 3.72. The summed E-state index contributed by atoms with van der Waals surface area (Å²) in [5.41, 5.74) is 0.871. The van der Waals surface area contributed by atoms with Crippen molar-refractivity contribution < 1.29 is 17.6 Å². The topological polar surface area (TPSA) is 79.6 Å². The average Bonchev–Trinajstić information content (AvgIpc) is 2.94. The van der Waals surface area contributed by atoms with Gasteiger partial charge in [-0.15, -0.1) is 0 Å². The molecule has 0 aromatic carbocycles. The van der Waals surface area contributed by atoms with E-state index in [1.54, 1.807) is 19.4 Å². The first-order chi connectivity index (χ1) is 8.48. The molecular weight excluding hydrogens is 256 g/mol. The Kier molecular flexibility index (Phi) is 3.60. The number of nitrogens with one attached hydrogen (secondary N) is 1. The van der Waals surface area contributed by atoms with Crippen molar-refractivity contribution in [2.24, 2.45) is 0 Å². The molecule has 1 aromatic rings. The smallest absolute Gasteiger partial charge is 0.317 e. The summed E-state index contributed by atoms with van der Waals surface area (Å²) < 4.78 is 27.6. The molecular formula is C11H16N2O4S. The van der Waals surface area contributed by atoms with Crippen LogP contribution in [0.4, 0.5) is 4.79 Å². The van der Waals surface area contributed by atoms with Gasteiger partial charge < -0.3 is 14.6 Å². The summed E-state index contributed by atoms with van der Waals surface area (Å²) >= 11 is 0. The van der Waals surface area contributed by atoms with Crippen LogP contribution >= 0.6 is 0 Å². The van der Waals surface area contributed by atoms with E-state index >= 15 is 0 Å². The van der Waals surface area contributed by atoms with Crippen molar-refractivity contribution in [1.82, 2.24) is 10.2 Å². The first-order valence-corrected chi connectivity index (χ1v) is 7.52. The number of carbonyl (C=O) groups excluding carboxylic acids is 1. The lowest BCUT2D eigenvalue weighted by molar-refractivity contribution is 0.194. The van der Waals surface area contributed by atoms with Gasteiger partial charge in [-0.1, -0.05) is 0 Å². The molecule has 100 valence electrons. The number of amides is 2. The predicted molar refractivity (Wildman–Crippen MR) is 65.8 cm³/mol. The van der Waals surface area contributed by atoms with Crippen LogP contribution in [0.1, 0.15) is 12.0 Å². The van der Waals surface area contributed by atoms with Gasteiger partial charge in [0.15, 0.2) is 9.84 Å². The highest BCUT2D eigenvalue weighted by Gasteiger charge is 2.32. The third-order valence-corrected chi connectivity index (χ3v) is 4.85. The van der Waals surface area contributed by atoms with Crippen LogP contribution in [0.2, 0.25) is 0 Å². The van der Waals surface area contributed by atoms with Crippen LogP contribution < -0.4 is 5.32 Å². The minimum absolute atomic E-state index is 0.0582. The predicted octanol–water partition coefficient (Wildman–Crippen LogP) is 0.608. The lowest BCUT2D eigenvalue weighted by Gasteiger charge is -2.23. The van der Waals surface area contributed by atoms with E-state index < -0.39 is 9.84 Å². The molecule has 0 unspecified atom stereocenters. The number of furan rings is 1. The minimum atomic E-state index is -2.97. The van der Waals surface area contributed by atoms with Gasteiger partial charge in [-0.05, 0) is 12.5 Å². The zero-order valence-electron chi connectivity index (χ0n) is 10.1. The molecule has 0 radical (unpaired) electrons. The van der Waals surface area contributed by atoms with Gasteiger partial charge >= 0.3 is 6.03 Å². The Balaban J connectivity index is 1.85. The van der Waals surface area contributed by atoms with Crippen molar-refractivity contribution in [2.75, 3.05) is 18.6 Å². The molecule has 7 heteroatoms. The van der Waals surface area contributed by atoms with Gasteiger partial charge in [0.05, 0.1) is 24.0 Å². The van der Waals surface area contributed by atoms with Gasteiger partial charge in [-0.3, -0.25) is 0 Å². The van der Waals surface area contributed by atoms with Crippen molar-refractivity contribution >= 4 is 15.9 Å². The van der Waals surface area contributed by atoms with Crippen LogP contribution in [0.3, 0.4) is 0 Å². The van der Waals surface area contributed by atoms with Gasteiger partial charge in [0.25, 0.3) is 0 Å². The first-order valence-electron chi connectivity index (χ1n) is 5.70. The van der Waals surface area contributed by atoms with Crippen LogP contribution in [-0.2, 0) is 16.4 Å². The third-order valence-electron chi connectivity index (χ3n) is 3.10. The minimum Gasteiger partial charge on any atom is -0.472 e. The van der Waals surface area contributed by atoms with Crippen LogP contribution in [0.15, 0.2) is 23.0 Å². The molecule has 1 aliphatic heterocycles. The normalized spacial score (nSPS) is 21.7. The second kappa shape index (κ2) is 5.01. The van der Waals surface area contributed by atoms with Gasteiger partial charge in [-0.2, -0.15) is 0 Å². The van der Waals surface area contributed by atoms with E-state index in [1.807, 2.05) is 0 Å². The molecule has 2 rings (SSSR count). The number of urea groups is 1. The summed E-state index contributed by atoms with van der Waals surface area (Å²) in [5, 5.41) is 2.72. The first kappa shape index (κ1) is 12.9. The third kappa shape index (κ3) is 3.04. The van der Waals surface area contributed by atoms with E-state index in [0.717, 1.165) is 5.56 Å². The molecule has 1 N–H and O–H groups in total. The second-order valence-corrected chi connectivity index (χ2v) is 6.69. The van der Waals surface area contributed by atoms with E-state index in [0.29, 0.717) is 13.0 Å². The SMILES string of the molecule is CN(C(=O)NCc1ccoc1)[C@H]1CCS(=O)(=O)C1. The van der Waals surface area contributed by atoms with Crippen LogP contribution in [-0.4, -0.2) is 43.9 Å². The van der Waals surface area contributed by atoms with Crippen molar-refractivity contribution in [3.8, 4) is 0 Å². The molecule has 1 aliphatic rings. The highest BCUT2D eigenvalue weighted by molar-refractivity contribution is 7.91. The van der Waals surface area contributed by atoms with E-state index in [1.165, 1.54) is 11.2 Å². The Bertz CT molecular complexity index is 509. The zero-order valence-corrected chi connectivity index (χ0v) is 10.9. The molecule has 0 saturated carbocycles. The van der Waals surface area contributed by atoms with E-state index in [2.05, 4.69) is 5.32 Å². The molecule has 1 saturated heterocycles. The number of hydrogen-bond donors (Lipinski definition) is 1. The number of rotatable bonds is 3. The molecule has 1 atom stereocenters. The molecule has 1 aromatic heterocycles. The largest absolute Gasteiger partial charge is 0.472 e. The van der Waals surface area contributed by atoms with Crippen molar-refractivity contribution in [3.63, 3.8) is 0 Å². The molecule has 0 aliphatic carbocycles. The summed E-state index contributed by atoms with van der Waals surface area (Å²) in [5.74, 6) is 0.222. The lowest BCUT2D eigenvalue weighted by Crippen LogP contribution is -2.43. The van der Waals surface area contributed by atoms with Gasteiger partial charge in [0.2, 0.25) is 0 Å². The number of carbonyl (C=O) groups is 1. The fourth-order valence-electron chi connectivity index (χ4n) is 1.94. The van der Waals surface area contributed by atoms with Crippen molar-refractivity contribution in [3.05, 3.63) is 24.2 Å². The molecule has 2 amide bonds. The standard InChI is InChI=1S/C11H16N2O4S/c1-13(10-3-5-18(15,16)8-10)11(14)12-6-9-2-4-17-7-9/h2,4,7,10H,3,5-6,8H2,1H3,(H,12,14)/t10-/m0/s1. The highest BCUT2D eigenvalue weighted by atomic mass is 32.2. The number of sulfone groups is 1. The Labute approximate surface area is 106 Å². The number of hydrogen-bond acceptors (Lipinski definition) is 4. The summed E-state index contributed by atoms with van der Waals surface area (Å²) in [6.07, 6.45) is 3.60. The zero-order chi connectivity index (χ0) is 13.2. The maximum Gasteiger partial charge on any atom is 0.317 e. The van der Waals surface area contributed by atoms with E-state index in [9.17, 15) is 13.2 Å². The van der Waals surface area contributed by atoms with Crippen LogP contribution in [0.5, 0.6) is 0 Å². The van der Waals surface area contributed by atoms with E-state index in [-0.39, 0.29) is 23.6 Å². The molecule has 6 nitrogen and oxygen atoms in total. The Morgan fingerprint density at radius 1 is 1.61 bits per heavy atom. The monoisotopic (exact) mass is 272 g/mol. The quantitative estimate of drug-likeness (QED) is 0.874. The molecule has 1 fully saturated rings. The lowest BCUT2D eigenvalue weighted by atomic mass is 10.2. The maximum absolute atomic E-state index is 11.8. The highest BCUT2D eigenvalue weighted by Crippen LogP contribution is 2.16. The number of nitrogens with zero attached hydrogens (tertiary/aromatic N) is 1. The Hall–Kier alpha value is -1.50. The fraction of sp³-hybridized carbons (Fsp3) is 0.545. The summed E-state index contributed by atoms with van der Waals surface area (Å²) in [7, 11) is -1.35. The Morgan fingerprint density at radius 3 is 2.94 bits per heavy atom.